The van der Waals surface area contributed by atoms with Gasteiger partial charge in [-0.05, 0) is 31.0 Å². The third-order valence-electron chi connectivity index (χ3n) is 6.00. The first-order valence-corrected chi connectivity index (χ1v) is 11.9. The molecule has 1 unspecified atom stereocenters. The molecular formula is C24H43IN6O. The quantitative estimate of drug-likeness (QED) is 0.210. The maximum atomic E-state index is 5.93. The Kier molecular flexibility index (Phi) is 12.7. The molecule has 1 aromatic carbocycles. The molecule has 0 saturated carbocycles. The molecule has 3 rings (SSSR count). The normalized spacial score (nSPS) is 20.8. The average Bonchev–Trinajstić information content (AvgIpc) is 2.79. The first kappa shape index (κ1) is 27.1. The summed E-state index contributed by atoms with van der Waals surface area (Å²) in [6.07, 6.45) is 1.35. The lowest BCUT2D eigenvalue weighted by Crippen LogP contribution is -2.50. The monoisotopic (exact) mass is 558 g/mol. The molecule has 182 valence electrons. The zero-order valence-electron chi connectivity index (χ0n) is 20.1. The number of piperazine rings is 1. The highest BCUT2D eigenvalue weighted by Crippen LogP contribution is 2.15. The maximum absolute atomic E-state index is 5.93. The van der Waals surface area contributed by atoms with Gasteiger partial charge in [-0.25, -0.2) is 0 Å². The highest BCUT2D eigenvalue weighted by Gasteiger charge is 2.21. The van der Waals surface area contributed by atoms with Crippen molar-refractivity contribution in [2.24, 2.45) is 10.9 Å². The van der Waals surface area contributed by atoms with Crippen molar-refractivity contribution in [2.45, 2.75) is 26.4 Å². The summed E-state index contributed by atoms with van der Waals surface area (Å²) < 4.78 is 5.93. The van der Waals surface area contributed by atoms with Crippen LogP contribution in [0.5, 0.6) is 0 Å². The molecule has 1 aromatic rings. The number of halogens is 1. The standard InChI is InChI=1S/C24H42N6O.HI/c1-21(2)19-29-16-17-31-23(20-29)18-27-24(25-3)26-10-7-11-28-12-14-30(15-13-28)22-8-5-4-6-9-22;/h4-6,8-9,21,23H,7,10-20H2,1-3H3,(H2,25,26,27);1H. The lowest BCUT2D eigenvalue weighted by Gasteiger charge is -2.36. The predicted octanol–water partition coefficient (Wildman–Crippen LogP) is 2.34. The molecule has 7 nitrogen and oxygen atoms in total. The van der Waals surface area contributed by atoms with Crippen LogP contribution < -0.4 is 15.5 Å². The van der Waals surface area contributed by atoms with Gasteiger partial charge in [0.05, 0.1) is 12.7 Å². The van der Waals surface area contributed by atoms with Crippen molar-refractivity contribution in [2.75, 3.05) is 84.0 Å². The van der Waals surface area contributed by atoms with E-state index in [0.717, 1.165) is 84.4 Å². The first-order valence-electron chi connectivity index (χ1n) is 11.9. The molecule has 2 fully saturated rings. The Morgan fingerprint density at radius 2 is 1.81 bits per heavy atom. The van der Waals surface area contributed by atoms with Crippen molar-refractivity contribution in [1.29, 1.82) is 0 Å². The van der Waals surface area contributed by atoms with Crippen LogP contribution in [0.1, 0.15) is 20.3 Å². The van der Waals surface area contributed by atoms with E-state index in [-0.39, 0.29) is 30.1 Å². The molecular weight excluding hydrogens is 515 g/mol. The van der Waals surface area contributed by atoms with Gasteiger partial charge in [-0.3, -0.25) is 14.8 Å². The summed E-state index contributed by atoms with van der Waals surface area (Å²) in [5.74, 6) is 1.57. The fraction of sp³-hybridized carbons (Fsp3) is 0.708. The number of anilines is 1. The minimum absolute atomic E-state index is 0. The van der Waals surface area contributed by atoms with Gasteiger partial charge in [0.25, 0.3) is 0 Å². The summed E-state index contributed by atoms with van der Waals surface area (Å²) in [7, 11) is 1.84. The summed E-state index contributed by atoms with van der Waals surface area (Å²) in [6.45, 7) is 15.9. The van der Waals surface area contributed by atoms with Crippen molar-refractivity contribution in [1.82, 2.24) is 20.4 Å². The van der Waals surface area contributed by atoms with Gasteiger partial charge in [0.15, 0.2) is 5.96 Å². The van der Waals surface area contributed by atoms with Gasteiger partial charge in [0.2, 0.25) is 0 Å². The Hall–Kier alpha value is -1.10. The lowest BCUT2D eigenvalue weighted by molar-refractivity contribution is -0.0284. The molecule has 0 amide bonds. The van der Waals surface area contributed by atoms with E-state index in [2.05, 4.69) is 74.5 Å². The van der Waals surface area contributed by atoms with Gasteiger partial charge in [0.1, 0.15) is 0 Å². The van der Waals surface area contributed by atoms with Crippen LogP contribution in [0, 0.1) is 5.92 Å². The molecule has 2 N–H and O–H groups in total. The van der Waals surface area contributed by atoms with Crippen molar-refractivity contribution in [3.05, 3.63) is 30.3 Å². The number of rotatable bonds is 9. The molecule has 0 bridgehead atoms. The minimum atomic E-state index is 0. The zero-order valence-corrected chi connectivity index (χ0v) is 22.5. The number of ether oxygens (including phenoxy) is 1. The second-order valence-electron chi connectivity index (χ2n) is 9.04. The molecule has 32 heavy (non-hydrogen) atoms. The summed E-state index contributed by atoms with van der Waals surface area (Å²) in [6, 6.07) is 10.7. The Morgan fingerprint density at radius 1 is 1.06 bits per heavy atom. The SMILES string of the molecule is CN=C(NCCCN1CCN(c2ccccc2)CC1)NCC1CN(CC(C)C)CCO1.I. The van der Waals surface area contributed by atoms with Crippen LogP contribution in [0.3, 0.4) is 0 Å². The minimum Gasteiger partial charge on any atom is -0.374 e. The summed E-state index contributed by atoms with van der Waals surface area (Å²) in [5, 5.41) is 6.90. The van der Waals surface area contributed by atoms with Crippen LogP contribution >= 0.6 is 24.0 Å². The number of aliphatic imine (C=N–C) groups is 1. The van der Waals surface area contributed by atoms with Crippen molar-refractivity contribution in [3.8, 4) is 0 Å². The molecule has 2 aliphatic heterocycles. The highest BCUT2D eigenvalue weighted by molar-refractivity contribution is 14.0. The van der Waals surface area contributed by atoms with Gasteiger partial charge in [-0.1, -0.05) is 32.0 Å². The highest BCUT2D eigenvalue weighted by atomic mass is 127. The molecule has 2 saturated heterocycles. The van der Waals surface area contributed by atoms with E-state index in [4.69, 9.17) is 4.74 Å². The number of hydrogen-bond donors (Lipinski definition) is 2. The van der Waals surface area contributed by atoms with Crippen LogP contribution in [0.15, 0.2) is 35.3 Å². The third-order valence-corrected chi connectivity index (χ3v) is 6.00. The van der Waals surface area contributed by atoms with E-state index in [1.807, 2.05) is 7.05 Å². The molecule has 0 radical (unpaired) electrons. The third kappa shape index (κ3) is 9.41. The van der Waals surface area contributed by atoms with Crippen molar-refractivity contribution >= 4 is 35.6 Å². The van der Waals surface area contributed by atoms with Crippen LogP contribution in [-0.4, -0.2) is 101 Å². The molecule has 0 spiro atoms. The molecule has 0 aliphatic carbocycles. The fourth-order valence-electron chi connectivity index (χ4n) is 4.40. The number of hydrogen-bond acceptors (Lipinski definition) is 5. The summed E-state index contributed by atoms with van der Waals surface area (Å²) in [5.41, 5.74) is 1.34. The number of para-hydroxylation sites is 1. The van der Waals surface area contributed by atoms with Crippen LogP contribution in [-0.2, 0) is 4.74 Å². The molecule has 1 atom stereocenters. The lowest BCUT2D eigenvalue weighted by atomic mass is 10.2. The van der Waals surface area contributed by atoms with Crippen LogP contribution in [0.2, 0.25) is 0 Å². The largest absolute Gasteiger partial charge is 0.374 e. The van der Waals surface area contributed by atoms with Gasteiger partial charge >= 0.3 is 0 Å². The summed E-state index contributed by atoms with van der Waals surface area (Å²) in [4.78, 5) is 11.9. The van der Waals surface area contributed by atoms with E-state index in [1.54, 1.807) is 0 Å². The number of benzene rings is 1. The second kappa shape index (κ2) is 14.9. The van der Waals surface area contributed by atoms with E-state index in [9.17, 15) is 0 Å². The fourth-order valence-corrected chi connectivity index (χ4v) is 4.40. The van der Waals surface area contributed by atoms with Crippen molar-refractivity contribution in [3.63, 3.8) is 0 Å². The topological polar surface area (TPSA) is 55.4 Å². The Labute approximate surface area is 212 Å². The van der Waals surface area contributed by atoms with Crippen LogP contribution in [0.4, 0.5) is 5.69 Å². The maximum Gasteiger partial charge on any atom is 0.191 e. The second-order valence-corrected chi connectivity index (χ2v) is 9.04. The van der Waals surface area contributed by atoms with Gasteiger partial charge in [-0.2, -0.15) is 0 Å². The molecule has 8 heteroatoms. The molecule has 2 aliphatic rings. The van der Waals surface area contributed by atoms with Crippen molar-refractivity contribution < 1.29 is 4.74 Å². The summed E-state index contributed by atoms with van der Waals surface area (Å²) >= 11 is 0. The Bertz CT molecular complexity index is 651. The van der Waals surface area contributed by atoms with E-state index >= 15 is 0 Å². The smallest absolute Gasteiger partial charge is 0.191 e. The van der Waals surface area contributed by atoms with E-state index in [0.29, 0.717) is 5.92 Å². The number of nitrogens with one attached hydrogen (secondary N) is 2. The predicted molar refractivity (Wildman–Crippen MR) is 146 cm³/mol. The van der Waals surface area contributed by atoms with Gasteiger partial charge in [-0.15, -0.1) is 24.0 Å². The zero-order chi connectivity index (χ0) is 21.9. The number of guanidine groups is 1. The van der Waals surface area contributed by atoms with E-state index in [1.165, 1.54) is 5.69 Å². The van der Waals surface area contributed by atoms with Crippen LogP contribution in [0.25, 0.3) is 0 Å². The molecule has 2 heterocycles. The Morgan fingerprint density at radius 3 is 2.50 bits per heavy atom. The average molecular weight is 559 g/mol. The molecule has 0 aromatic heterocycles. The first-order chi connectivity index (χ1) is 15.1. The van der Waals surface area contributed by atoms with Gasteiger partial charge in [0, 0.05) is 71.6 Å². The number of morpholine rings is 1. The number of nitrogens with zero attached hydrogens (tertiary/aromatic N) is 4. The van der Waals surface area contributed by atoms with E-state index < -0.39 is 0 Å². The Balaban J connectivity index is 0.00000363. The van der Waals surface area contributed by atoms with Gasteiger partial charge < -0.3 is 20.3 Å².